The molecule has 0 radical (unpaired) electrons. The van der Waals surface area contributed by atoms with Crippen molar-refractivity contribution < 1.29 is 52.6 Å². The maximum Gasteiger partial charge on any atom is 0.328 e. The minimum Gasteiger partial charge on any atom is -0.478 e. The maximum absolute atomic E-state index is 10.5. The van der Waals surface area contributed by atoms with Crippen molar-refractivity contribution in [2.24, 2.45) is 0 Å². The number of rotatable bonds is 5. The highest BCUT2D eigenvalue weighted by atomic mass is 32.2. The summed E-state index contributed by atoms with van der Waals surface area (Å²) < 4.78 is 29.6. The van der Waals surface area contributed by atoms with Crippen LogP contribution in [0.25, 0.3) is 0 Å². The molecule has 0 aromatic heterocycles. The highest BCUT2D eigenvalue weighted by Gasteiger charge is 2.06. The van der Waals surface area contributed by atoms with Crippen LogP contribution in [0.5, 0.6) is 0 Å². The van der Waals surface area contributed by atoms with Gasteiger partial charge in [0.05, 0.1) is 4.90 Å². The predicted molar refractivity (Wildman–Crippen MR) is 89.8 cm³/mol. The van der Waals surface area contributed by atoms with E-state index in [2.05, 4.69) is 0 Å². The van der Waals surface area contributed by atoms with Gasteiger partial charge in [-0.25, -0.2) is 19.2 Å². The Hall–Kier alpha value is -3.51. The summed E-state index contributed by atoms with van der Waals surface area (Å²) in [5.41, 5.74) is 0.956. The molecule has 0 atom stereocenters. The van der Waals surface area contributed by atoms with E-state index in [1.54, 1.807) is 12.1 Å². The average molecular weight is 404 g/mol. The second-order valence-corrected chi connectivity index (χ2v) is 5.73. The Balaban J connectivity index is 0. The summed E-state index contributed by atoms with van der Waals surface area (Å²) in [5.74, 6) is -5.03. The molecule has 0 spiro atoms. The minimum atomic E-state index is -4.02. The van der Waals surface area contributed by atoms with Gasteiger partial charge in [0.2, 0.25) is 0 Å². The Morgan fingerprint density at radius 3 is 1.15 bits per heavy atom. The quantitative estimate of drug-likeness (QED) is 0.340. The van der Waals surface area contributed by atoms with E-state index in [0.717, 1.165) is 5.56 Å². The van der Waals surface area contributed by atoms with Gasteiger partial charge in [-0.2, -0.15) is 8.42 Å². The van der Waals surface area contributed by atoms with Crippen molar-refractivity contribution >= 4 is 34.0 Å². The summed E-state index contributed by atoms with van der Waals surface area (Å²) in [6.07, 6.45) is 2.23. The van der Waals surface area contributed by atoms with Crippen LogP contribution in [0.4, 0.5) is 0 Å². The molecule has 148 valence electrons. The van der Waals surface area contributed by atoms with Crippen molar-refractivity contribution in [1.29, 1.82) is 0 Å². The van der Waals surface area contributed by atoms with Crippen molar-refractivity contribution in [3.8, 4) is 0 Å². The van der Waals surface area contributed by atoms with Gasteiger partial charge in [-0.05, 0) is 19.1 Å². The summed E-state index contributed by atoms with van der Waals surface area (Å²) in [7, 11) is -4.02. The maximum atomic E-state index is 10.5. The predicted octanol–water partition coefficient (Wildman–Crippen LogP) is 0.665. The molecule has 0 amide bonds. The molecule has 1 aromatic rings. The van der Waals surface area contributed by atoms with Crippen LogP contribution < -0.4 is 0 Å². The van der Waals surface area contributed by atoms with Crippen molar-refractivity contribution in [1.82, 2.24) is 0 Å². The number of aryl methyl sites for hydroxylation is 1. The van der Waals surface area contributed by atoms with Crippen molar-refractivity contribution in [2.75, 3.05) is 0 Å². The lowest BCUT2D eigenvalue weighted by Crippen LogP contribution is -1.96. The summed E-state index contributed by atoms with van der Waals surface area (Å²) in [4.78, 5) is 38.1. The summed E-state index contributed by atoms with van der Waals surface area (Å²) in [5, 5.41) is 31.2. The van der Waals surface area contributed by atoms with E-state index in [9.17, 15) is 27.6 Å². The summed E-state index contributed by atoms with van der Waals surface area (Å²) >= 11 is 0. The lowest BCUT2D eigenvalue weighted by atomic mass is 10.2. The van der Waals surface area contributed by atoms with E-state index in [1.807, 2.05) is 6.92 Å². The molecule has 0 saturated heterocycles. The SMILES string of the molecule is Cc1ccc(S(=O)(=O)O)cc1.O=C(O)C=CC(=O)O.O=C(O)C=CC(=O)O. The van der Waals surface area contributed by atoms with E-state index in [-0.39, 0.29) is 4.90 Å². The minimum absolute atomic E-state index is 0.0666. The van der Waals surface area contributed by atoms with Crippen LogP contribution in [0.3, 0.4) is 0 Å². The number of carboxylic acids is 4. The first kappa shape index (κ1) is 25.7. The van der Waals surface area contributed by atoms with Gasteiger partial charge in [0, 0.05) is 24.3 Å². The number of aliphatic carboxylic acids is 4. The van der Waals surface area contributed by atoms with E-state index in [0.29, 0.717) is 24.3 Å². The molecule has 27 heavy (non-hydrogen) atoms. The monoisotopic (exact) mass is 404 g/mol. The molecule has 5 N–H and O–H groups in total. The molecule has 0 bridgehead atoms. The van der Waals surface area contributed by atoms with Crippen molar-refractivity contribution in [3.05, 3.63) is 54.1 Å². The molecule has 0 fully saturated rings. The zero-order valence-corrected chi connectivity index (χ0v) is 14.5. The van der Waals surface area contributed by atoms with Crippen LogP contribution in [0.2, 0.25) is 0 Å². The molecule has 11 nitrogen and oxygen atoms in total. The second kappa shape index (κ2) is 12.8. The van der Waals surface area contributed by atoms with Crippen LogP contribution in [0.1, 0.15) is 5.56 Å². The number of benzene rings is 1. The normalized spacial score (nSPS) is 10.3. The van der Waals surface area contributed by atoms with Crippen LogP contribution in [0.15, 0.2) is 53.5 Å². The van der Waals surface area contributed by atoms with E-state index >= 15 is 0 Å². The Kier molecular flexibility index (Phi) is 12.2. The van der Waals surface area contributed by atoms with Crippen LogP contribution in [0, 0.1) is 6.92 Å². The molecule has 0 aliphatic carbocycles. The van der Waals surface area contributed by atoms with Crippen LogP contribution in [-0.2, 0) is 29.3 Å². The Morgan fingerprint density at radius 1 is 0.704 bits per heavy atom. The van der Waals surface area contributed by atoms with Gasteiger partial charge in [-0.3, -0.25) is 4.55 Å². The third-order valence-corrected chi connectivity index (χ3v) is 2.92. The first-order valence-electron chi connectivity index (χ1n) is 6.57. The van der Waals surface area contributed by atoms with Crippen LogP contribution >= 0.6 is 0 Å². The largest absolute Gasteiger partial charge is 0.478 e. The Labute approximate surface area is 153 Å². The fourth-order valence-electron chi connectivity index (χ4n) is 0.995. The van der Waals surface area contributed by atoms with E-state index < -0.39 is 34.0 Å². The van der Waals surface area contributed by atoms with E-state index in [4.69, 9.17) is 25.0 Å². The molecule has 0 aliphatic rings. The standard InChI is InChI=1S/C7H8O3S.2C4H4O4/c1-6-2-4-7(5-3-6)11(8,9)10;2*5-3(6)1-2-4(7)8/h2-5H,1H3,(H,8,9,10);2*1-2H,(H,5,6)(H,7,8). The lowest BCUT2D eigenvalue weighted by Gasteiger charge is -1.95. The fraction of sp³-hybridized carbons (Fsp3) is 0.0667. The molecular formula is C15H16O11S. The smallest absolute Gasteiger partial charge is 0.328 e. The number of carboxylic acid groups (broad SMARTS) is 4. The molecule has 0 saturated carbocycles. The number of carbonyl (C=O) groups is 4. The van der Waals surface area contributed by atoms with Gasteiger partial charge < -0.3 is 20.4 Å². The first-order chi connectivity index (χ1) is 12.3. The summed E-state index contributed by atoms with van der Waals surface area (Å²) in [6.45, 7) is 1.84. The Morgan fingerprint density at radius 2 is 0.963 bits per heavy atom. The first-order valence-corrected chi connectivity index (χ1v) is 8.01. The average Bonchev–Trinajstić information content (AvgIpc) is 2.52. The number of hydrogen-bond donors (Lipinski definition) is 5. The zero-order chi connectivity index (χ0) is 21.6. The highest BCUT2D eigenvalue weighted by Crippen LogP contribution is 2.08. The van der Waals surface area contributed by atoms with Gasteiger partial charge >= 0.3 is 23.9 Å². The van der Waals surface area contributed by atoms with Gasteiger partial charge in [-0.1, -0.05) is 17.7 Å². The Bertz CT molecular complexity index is 752. The molecule has 0 unspecified atom stereocenters. The highest BCUT2D eigenvalue weighted by molar-refractivity contribution is 7.85. The van der Waals surface area contributed by atoms with E-state index in [1.165, 1.54) is 12.1 Å². The topological polar surface area (TPSA) is 204 Å². The second-order valence-electron chi connectivity index (χ2n) is 4.31. The van der Waals surface area contributed by atoms with Crippen LogP contribution in [-0.4, -0.2) is 57.3 Å². The molecule has 1 rings (SSSR count). The third kappa shape index (κ3) is 18.7. The number of hydrogen-bond acceptors (Lipinski definition) is 6. The zero-order valence-electron chi connectivity index (χ0n) is 13.7. The van der Waals surface area contributed by atoms with Gasteiger partial charge in [0.15, 0.2) is 0 Å². The lowest BCUT2D eigenvalue weighted by molar-refractivity contribution is -0.134. The fourth-order valence-corrected chi connectivity index (χ4v) is 1.48. The molecular weight excluding hydrogens is 388 g/mol. The van der Waals surface area contributed by atoms with Gasteiger partial charge in [0.1, 0.15) is 0 Å². The molecule has 0 aliphatic heterocycles. The van der Waals surface area contributed by atoms with Gasteiger partial charge in [0.25, 0.3) is 10.1 Å². The molecule has 1 aromatic carbocycles. The molecule has 0 heterocycles. The summed E-state index contributed by atoms with van der Waals surface area (Å²) in [6, 6.07) is 5.99. The van der Waals surface area contributed by atoms with Crippen molar-refractivity contribution in [2.45, 2.75) is 11.8 Å². The third-order valence-electron chi connectivity index (χ3n) is 2.06. The van der Waals surface area contributed by atoms with Gasteiger partial charge in [-0.15, -0.1) is 0 Å². The van der Waals surface area contributed by atoms with Crippen molar-refractivity contribution in [3.63, 3.8) is 0 Å². The molecule has 12 heteroatoms.